The first-order chi connectivity index (χ1) is 14.6. The van der Waals surface area contributed by atoms with Gasteiger partial charge in [-0.3, -0.25) is 0 Å². The van der Waals surface area contributed by atoms with Crippen molar-refractivity contribution >= 4 is 23.5 Å². The molecule has 1 aromatic heterocycles. The summed E-state index contributed by atoms with van der Waals surface area (Å²) < 4.78 is 37.9. The van der Waals surface area contributed by atoms with Crippen LogP contribution in [0, 0.1) is 6.92 Å². The van der Waals surface area contributed by atoms with E-state index < -0.39 is 17.8 Å². The zero-order chi connectivity index (χ0) is 22.6. The van der Waals surface area contributed by atoms with Crippen molar-refractivity contribution in [2.24, 2.45) is 0 Å². The number of rotatable bonds is 5. The average Bonchev–Trinajstić information content (AvgIpc) is 2.70. The number of benzene rings is 1. The first-order valence-corrected chi connectivity index (χ1v) is 10.1. The van der Waals surface area contributed by atoms with Crippen molar-refractivity contribution in [3.8, 4) is 0 Å². The Kier molecular flexibility index (Phi) is 6.87. The summed E-state index contributed by atoms with van der Waals surface area (Å²) in [6.07, 6.45) is 0.656. The molecule has 2 aromatic rings. The second kappa shape index (κ2) is 9.40. The van der Waals surface area contributed by atoms with E-state index >= 15 is 0 Å². The van der Waals surface area contributed by atoms with Crippen molar-refractivity contribution in [1.29, 1.82) is 0 Å². The third kappa shape index (κ3) is 6.22. The Morgan fingerprint density at radius 1 is 1.06 bits per heavy atom. The molecule has 1 fully saturated rings. The van der Waals surface area contributed by atoms with Crippen LogP contribution < -0.4 is 20.9 Å². The second-order valence-corrected chi connectivity index (χ2v) is 7.96. The molecule has 1 saturated carbocycles. The lowest BCUT2D eigenvalue weighted by Gasteiger charge is -2.30. The van der Waals surface area contributed by atoms with Gasteiger partial charge in [0, 0.05) is 43.6 Å². The molecule has 31 heavy (non-hydrogen) atoms. The molecule has 1 aliphatic carbocycles. The smallest absolute Gasteiger partial charge is 0.362 e. The summed E-state index contributed by atoms with van der Waals surface area (Å²) in [5.41, 5.74) is 0.566. The minimum atomic E-state index is -4.40. The fourth-order valence-electron chi connectivity index (χ4n) is 3.62. The predicted molar refractivity (Wildman–Crippen MR) is 114 cm³/mol. The lowest BCUT2D eigenvalue weighted by Crippen LogP contribution is -2.42. The molecule has 3 rings (SSSR count). The molecule has 7 nitrogen and oxygen atoms in total. The van der Waals surface area contributed by atoms with Gasteiger partial charge in [-0.15, -0.1) is 0 Å². The normalized spacial score (nSPS) is 18.9. The molecule has 1 heterocycles. The lowest BCUT2D eigenvalue weighted by atomic mass is 9.91. The molecule has 168 valence electrons. The zero-order valence-electron chi connectivity index (χ0n) is 17.8. The highest BCUT2D eigenvalue weighted by molar-refractivity contribution is 5.89. The van der Waals surface area contributed by atoms with E-state index in [1.54, 1.807) is 6.20 Å². The number of hydrogen-bond donors (Lipinski definition) is 3. The highest BCUT2D eigenvalue weighted by atomic mass is 19.4. The summed E-state index contributed by atoms with van der Waals surface area (Å²) in [4.78, 5) is 23.0. The second-order valence-electron chi connectivity index (χ2n) is 7.96. The van der Waals surface area contributed by atoms with Gasteiger partial charge in [0.1, 0.15) is 5.82 Å². The summed E-state index contributed by atoms with van der Waals surface area (Å²) in [5, 5.41) is 8.84. The largest absolute Gasteiger partial charge is 0.416 e. The summed E-state index contributed by atoms with van der Waals surface area (Å²) in [7, 11) is 3.87. The Morgan fingerprint density at radius 2 is 1.68 bits per heavy atom. The number of amides is 2. The molecule has 10 heteroatoms. The number of aryl methyl sites for hydroxylation is 1. The van der Waals surface area contributed by atoms with E-state index in [0.717, 1.165) is 49.2 Å². The van der Waals surface area contributed by atoms with Gasteiger partial charge >= 0.3 is 12.2 Å². The molecular formula is C21H27F3N6O. The molecule has 0 aliphatic heterocycles. The Hall–Kier alpha value is -3.04. The molecule has 1 aromatic carbocycles. The van der Waals surface area contributed by atoms with Crippen LogP contribution in [0.25, 0.3) is 0 Å². The number of hydrogen-bond acceptors (Lipinski definition) is 5. The van der Waals surface area contributed by atoms with Crippen molar-refractivity contribution in [1.82, 2.24) is 15.3 Å². The summed E-state index contributed by atoms with van der Waals surface area (Å²) in [5.74, 6) is 1.46. The van der Waals surface area contributed by atoms with Crippen LogP contribution in [0.5, 0.6) is 0 Å². The third-order valence-electron chi connectivity index (χ3n) is 5.23. The number of carbonyl (C=O) groups excluding carboxylic acids is 1. The van der Waals surface area contributed by atoms with Gasteiger partial charge in [0.25, 0.3) is 0 Å². The molecule has 2 amide bonds. The molecule has 0 bridgehead atoms. The van der Waals surface area contributed by atoms with Crippen molar-refractivity contribution in [3.05, 3.63) is 41.6 Å². The fourth-order valence-corrected chi connectivity index (χ4v) is 3.62. The van der Waals surface area contributed by atoms with E-state index in [4.69, 9.17) is 0 Å². The minimum Gasteiger partial charge on any atom is -0.362 e. The maximum absolute atomic E-state index is 12.6. The van der Waals surface area contributed by atoms with E-state index in [9.17, 15) is 18.0 Å². The maximum Gasteiger partial charge on any atom is 0.416 e. The van der Waals surface area contributed by atoms with Crippen LogP contribution in [0.4, 0.5) is 35.4 Å². The van der Waals surface area contributed by atoms with Crippen molar-refractivity contribution < 1.29 is 18.0 Å². The van der Waals surface area contributed by atoms with Gasteiger partial charge in [0.15, 0.2) is 0 Å². The van der Waals surface area contributed by atoms with Gasteiger partial charge in [-0.05, 0) is 56.9 Å². The number of halogens is 3. The van der Waals surface area contributed by atoms with E-state index in [1.165, 1.54) is 12.1 Å². The maximum atomic E-state index is 12.6. The van der Waals surface area contributed by atoms with Crippen LogP contribution >= 0.6 is 0 Å². The number of urea groups is 1. The van der Waals surface area contributed by atoms with Crippen LogP contribution in [0.15, 0.2) is 30.5 Å². The topological polar surface area (TPSA) is 82.2 Å². The SMILES string of the molecule is Cc1cnc(N[C@H]2CC[C@@H](NC(=O)Nc3ccc(C(F)(F)F)cc3)CC2)nc1N(C)C. The van der Waals surface area contributed by atoms with Crippen LogP contribution in [0.2, 0.25) is 0 Å². The predicted octanol–water partition coefficient (Wildman–Crippen LogP) is 4.41. The van der Waals surface area contributed by atoms with Crippen LogP contribution in [0.3, 0.4) is 0 Å². The standard InChI is InChI=1S/C21H27F3N6O/c1-13-12-25-19(29-18(13)30(2)3)26-15-8-10-17(11-9-15)28-20(31)27-16-6-4-14(5-7-16)21(22,23)24/h4-7,12,15,17H,8-11H2,1-3H3,(H,25,26,29)(H2,27,28,31)/t15-,17+. The number of nitrogens with zero attached hydrogens (tertiary/aromatic N) is 3. The van der Waals surface area contributed by atoms with Crippen LogP contribution in [-0.2, 0) is 6.18 Å². The summed E-state index contributed by atoms with van der Waals surface area (Å²) >= 11 is 0. The molecule has 0 saturated heterocycles. The van der Waals surface area contributed by atoms with E-state index in [-0.39, 0.29) is 12.1 Å². The first kappa shape index (κ1) is 22.6. The molecule has 1 aliphatic rings. The van der Waals surface area contributed by atoms with Crippen molar-refractivity contribution in [2.45, 2.75) is 50.9 Å². The molecule has 0 spiro atoms. The fraction of sp³-hybridized carbons (Fsp3) is 0.476. The summed E-state index contributed by atoms with van der Waals surface area (Å²) in [6.45, 7) is 1.96. The number of alkyl halides is 3. The van der Waals surface area contributed by atoms with Crippen molar-refractivity contribution in [3.63, 3.8) is 0 Å². The number of anilines is 3. The molecule has 3 N–H and O–H groups in total. The highest BCUT2D eigenvalue weighted by Gasteiger charge is 2.30. The van der Waals surface area contributed by atoms with Gasteiger partial charge in [-0.1, -0.05) is 0 Å². The van der Waals surface area contributed by atoms with Gasteiger partial charge in [-0.2, -0.15) is 18.2 Å². The monoisotopic (exact) mass is 436 g/mol. The number of aromatic nitrogens is 2. The van der Waals surface area contributed by atoms with Crippen molar-refractivity contribution in [2.75, 3.05) is 29.6 Å². The van der Waals surface area contributed by atoms with E-state index in [1.807, 2.05) is 25.9 Å². The Labute approximate surface area is 179 Å². The highest BCUT2D eigenvalue weighted by Crippen LogP contribution is 2.30. The van der Waals surface area contributed by atoms with Gasteiger partial charge in [0.05, 0.1) is 5.56 Å². The third-order valence-corrected chi connectivity index (χ3v) is 5.23. The molecule has 0 radical (unpaired) electrons. The summed E-state index contributed by atoms with van der Waals surface area (Å²) in [6, 6.07) is 4.17. The van der Waals surface area contributed by atoms with Crippen LogP contribution in [0.1, 0.15) is 36.8 Å². The Morgan fingerprint density at radius 3 is 2.26 bits per heavy atom. The Bertz CT molecular complexity index is 893. The zero-order valence-corrected chi connectivity index (χ0v) is 17.8. The van der Waals surface area contributed by atoms with Gasteiger partial charge < -0.3 is 20.9 Å². The Balaban J connectivity index is 1.46. The minimum absolute atomic E-state index is 0.00349. The first-order valence-electron chi connectivity index (χ1n) is 10.1. The molecular weight excluding hydrogens is 409 g/mol. The van der Waals surface area contributed by atoms with Crippen LogP contribution in [-0.4, -0.2) is 42.2 Å². The quantitative estimate of drug-likeness (QED) is 0.647. The lowest BCUT2D eigenvalue weighted by molar-refractivity contribution is -0.137. The average molecular weight is 436 g/mol. The van der Waals surface area contributed by atoms with E-state index in [2.05, 4.69) is 25.9 Å². The molecule has 0 unspecified atom stereocenters. The van der Waals surface area contributed by atoms with Gasteiger partial charge in [0.2, 0.25) is 5.95 Å². The van der Waals surface area contributed by atoms with E-state index in [0.29, 0.717) is 11.6 Å². The van der Waals surface area contributed by atoms with Gasteiger partial charge in [-0.25, -0.2) is 9.78 Å². The number of nitrogens with one attached hydrogen (secondary N) is 3. The number of carbonyl (C=O) groups is 1. The molecule has 0 atom stereocenters.